The predicted octanol–water partition coefficient (Wildman–Crippen LogP) is 4.65. The SMILES string of the molecule is CSc1ncccc1C(=O)O[C@H](C)C(=O)Nc1ccccc1-c1ccccc1. The van der Waals surface area contributed by atoms with Gasteiger partial charge in [0.05, 0.1) is 5.56 Å². The van der Waals surface area contributed by atoms with Gasteiger partial charge >= 0.3 is 5.97 Å². The zero-order chi connectivity index (χ0) is 19.9. The molecule has 0 saturated heterocycles. The van der Waals surface area contributed by atoms with Crippen LogP contribution in [0.2, 0.25) is 0 Å². The highest BCUT2D eigenvalue weighted by molar-refractivity contribution is 7.98. The van der Waals surface area contributed by atoms with E-state index in [2.05, 4.69) is 10.3 Å². The van der Waals surface area contributed by atoms with Crippen LogP contribution in [0.3, 0.4) is 0 Å². The van der Waals surface area contributed by atoms with Crippen LogP contribution in [-0.4, -0.2) is 29.2 Å². The van der Waals surface area contributed by atoms with Crippen molar-refractivity contribution in [3.05, 3.63) is 78.5 Å². The number of para-hydroxylation sites is 1. The van der Waals surface area contributed by atoms with Crippen molar-refractivity contribution < 1.29 is 14.3 Å². The Hall–Kier alpha value is -3.12. The van der Waals surface area contributed by atoms with Crippen LogP contribution >= 0.6 is 11.8 Å². The number of nitrogens with one attached hydrogen (secondary N) is 1. The zero-order valence-electron chi connectivity index (χ0n) is 15.6. The van der Waals surface area contributed by atoms with Gasteiger partial charge in [-0.2, -0.15) is 0 Å². The number of aromatic nitrogens is 1. The van der Waals surface area contributed by atoms with Gasteiger partial charge in [0.15, 0.2) is 6.10 Å². The number of anilines is 1. The van der Waals surface area contributed by atoms with E-state index in [4.69, 9.17) is 4.74 Å². The van der Waals surface area contributed by atoms with Crippen molar-refractivity contribution in [2.45, 2.75) is 18.1 Å². The number of esters is 1. The Morgan fingerprint density at radius 2 is 1.71 bits per heavy atom. The third kappa shape index (κ3) is 4.58. The van der Waals surface area contributed by atoms with Crippen LogP contribution in [0.4, 0.5) is 5.69 Å². The highest BCUT2D eigenvalue weighted by Gasteiger charge is 2.22. The molecule has 0 radical (unpaired) electrons. The molecule has 0 saturated carbocycles. The van der Waals surface area contributed by atoms with Gasteiger partial charge in [-0.25, -0.2) is 9.78 Å². The minimum Gasteiger partial charge on any atom is -0.449 e. The fraction of sp³-hybridized carbons (Fsp3) is 0.136. The van der Waals surface area contributed by atoms with Gasteiger partial charge in [-0.3, -0.25) is 4.79 Å². The van der Waals surface area contributed by atoms with E-state index in [1.807, 2.05) is 60.9 Å². The number of pyridine rings is 1. The van der Waals surface area contributed by atoms with Gasteiger partial charge in [-0.15, -0.1) is 11.8 Å². The summed E-state index contributed by atoms with van der Waals surface area (Å²) in [6.07, 6.45) is 2.49. The van der Waals surface area contributed by atoms with Crippen LogP contribution in [0, 0.1) is 0 Å². The summed E-state index contributed by atoms with van der Waals surface area (Å²) in [4.78, 5) is 29.2. The molecular formula is C22H20N2O3S. The molecule has 0 bridgehead atoms. The summed E-state index contributed by atoms with van der Waals surface area (Å²) in [5.41, 5.74) is 2.89. The molecule has 0 aliphatic heterocycles. The van der Waals surface area contributed by atoms with E-state index in [-0.39, 0.29) is 0 Å². The van der Waals surface area contributed by atoms with Crippen LogP contribution < -0.4 is 5.32 Å². The Bertz CT molecular complexity index is 976. The number of carbonyl (C=O) groups is 2. The lowest BCUT2D eigenvalue weighted by atomic mass is 10.0. The van der Waals surface area contributed by atoms with Gasteiger partial charge in [-0.05, 0) is 36.9 Å². The summed E-state index contributed by atoms with van der Waals surface area (Å²) in [7, 11) is 0. The number of rotatable bonds is 6. The van der Waals surface area contributed by atoms with E-state index in [9.17, 15) is 9.59 Å². The fourth-order valence-electron chi connectivity index (χ4n) is 2.68. The molecule has 2 aromatic carbocycles. The fourth-order valence-corrected chi connectivity index (χ4v) is 3.22. The molecule has 0 fully saturated rings. The maximum absolute atomic E-state index is 12.6. The van der Waals surface area contributed by atoms with Crippen molar-refractivity contribution in [1.29, 1.82) is 0 Å². The number of carbonyl (C=O) groups excluding carboxylic acids is 2. The van der Waals surface area contributed by atoms with Gasteiger partial charge in [0, 0.05) is 17.4 Å². The number of hydrogen-bond acceptors (Lipinski definition) is 5. The number of thioether (sulfide) groups is 1. The highest BCUT2D eigenvalue weighted by atomic mass is 32.2. The zero-order valence-corrected chi connectivity index (χ0v) is 16.4. The number of amides is 1. The van der Waals surface area contributed by atoms with E-state index in [0.29, 0.717) is 16.3 Å². The van der Waals surface area contributed by atoms with E-state index in [1.165, 1.54) is 11.8 Å². The normalized spacial score (nSPS) is 11.5. The average molecular weight is 392 g/mol. The van der Waals surface area contributed by atoms with Crippen molar-refractivity contribution in [2.75, 3.05) is 11.6 Å². The minimum absolute atomic E-state index is 0.347. The smallest absolute Gasteiger partial charge is 0.341 e. The van der Waals surface area contributed by atoms with E-state index >= 15 is 0 Å². The number of nitrogens with zero attached hydrogens (tertiary/aromatic N) is 1. The second-order valence-electron chi connectivity index (χ2n) is 6.01. The van der Waals surface area contributed by atoms with Crippen LogP contribution in [-0.2, 0) is 9.53 Å². The van der Waals surface area contributed by atoms with Crippen molar-refractivity contribution in [3.63, 3.8) is 0 Å². The minimum atomic E-state index is -0.953. The predicted molar refractivity (Wildman–Crippen MR) is 111 cm³/mol. The standard InChI is InChI=1S/C22H20N2O3S/c1-15(27-22(26)18-12-8-14-23-21(18)28-2)20(25)24-19-13-7-6-11-17(19)16-9-4-3-5-10-16/h3-15H,1-2H3,(H,24,25)/t15-/m1/s1. The van der Waals surface area contributed by atoms with Gasteiger partial charge in [0.25, 0.3) is 5.91 Å². The lowest BCUT2D eigenvalue weighted by molar-refractivity contribution is -0.123. The maximum atomic E-state index is 12.6. The Kier molecular flexibility index (Phi) is 6.45. The molecule has 1 atom stereocenters. The van der Waals surface area contributed by atoms with Gasteiger partial charge in [0.2, 0.25) is 0 Å². The highest BCUT2D eigenvalue weighted by Crippen LogP contribution is 2.27. The molecule has 5 nitrogen and oxygen atoms in total. The molecule has 0 spiro atoms. The van der Waals surface area contributed by atoms with Crippen LogP contribution in [0.5, 0.6) is 0 Å². The summed E-state index contributed by atoms with van der Waals surface area (Å²) >= 11 is 1.35. The molecule has 1 N–H and O–H groups in total. The van der Waals surface area contributed by atoms with Crippen molar-refractivity contribution in [3.8, 4) is 11.1 Å². The number of benzene rings is 2. The molecule has 0 aliphatic rings. The second-order valence-corrected chi connectivity index (χ2v) is 6.80. The van der Waals surface area contributed by atoms with Crippen molar-refractivity contribution in [1.82, 2.24) is 4.98 Å². The quantitative estimate of drug-likeness (QED) is 0.488. The van der Waals surface area contributed by atoms with Crippen LogP contribution in [0.25, 0.3) is 11.1 Å². The van der Waals surface area contributed by atoms with Gasteiger partial charge in [0.1, 0.15) is 5.03 Å². The Labute approximate surface area is 168 Å². The third-order valence-electron chi connectivity index (χ3n) is 4.11. The van der Waals surface area contributed by atoms with Gasteiger partial charge in [-0.1, -0.05) is 48.5 Å². The monoisotopic (exact) mass is 392 g/mol. The number of ether oxygens (including phenoxy) is 1. The number of hydrogen-bond donors (Lipinski definition) is 1. The summed E-state index contributed by atoms with van der Waals surface area (Å²) < 4.78 is 5.35. The summed E-state index contributed by atoms with van der Waals surface area (Å²) in [6, 6.07) is 20.6. The Morgan fingerprint density at radius 1 is 1.00 bits per heavy atom. The third-order valence-corrected chi connectivity index (χ3v) is 4.82. The lowest BCUT2D eigenvalue weighted by Gasteiger charge is -2.16. The molecule has 6 heteroatoms. The van der Waals surface area contributed by atoms with Gasteiger partial charge < -0.3 is 10.1 Å². The first-order valence-corrected chi connectivity index (χ1v) is 9.98. The first-order valence-electron chi connectivity index (χ1n) is 8.75. The summed E-state index contributed by atoms with van der Waals surface area (Å²) in [5, 5.41) is 3.42. The molecule has 1 amide bonds. The van der Waals surface area contributed by atoms with Crippen molar-refractivity contribution >= 4 is 29.3 Å². The summed E-state index contributed by atoms with van der Waals surface area (Å²) in [5.74, 6) is -0.970. The molecule has 3 rings (SSSR count). The molecular weight excluding hydrogens is 372 g/mol. The van der Waals surface area contributed by atoms with E-state index < -0.39 is 18.0 Å². The Morgan fingerprint density at radius 3 is 2.46 bits per heavy atom. The second kappa shape index (κ2) is 9.19. The molecule has 1 heterocycles. The molecule has 28 heavy (non-hydrogen) atoms. The molecule has 0 aliphatic carbocycles. The van der Waals surface area contributed by atoms with E-state index in [1.54, 1.807) is 25.3 Å². The molecule has 0 unspecified atom stereocenters. The maximum Gasteiger partial charge on any atom is 0.341 e. The van der Waals surface area contributed by atoms with Crippen molar-refractivity contribution in [2.24, 2.45) is 0 Å². The van der Waals surface area contributed by atoms with E-state index in [0.717, 1.165) is 11.1 Å². The average Bonchev–Trinajstić information content (AvgIpc) is 2.74. The largest absolute Gasteiger partial charge is 0.449 e. The lowest BCUT2D eigenvalue weighted by Crippen LogP contribution is -2.30. The van der Waals surface area contributed by atoms with Crippen LogP contribution in [0.15, 0.2) is 78.0 Å². The first kappa shape index (κ1) is 19.6. The topological polar surface area (TPSA) is 68.3 Å². The first-order chi connectivity index (χ1) is 13.6. The molecule has 1 aromatic heterocycles. The molecule has 3 aromatic rings. The van der Waals surface area contributed by atoms with Crippen LogP contribution in [0.1, 0.15) is 17.3 Å². The molecule has 142 valence electrons. The Balaban J connectivity index is 1.73. The summed E-state index contributed by atoms with van der Waals surface area (Å²) in [6.45, 7) is 1.55.